The summed E-state index contributed by atoms with van der Waals surface area (Å²) in [5.74, 6) is 0.226. The van der Waals surface area contributed by atoms with Gasteiger partial charge in [-0.2, -0.15) is 0 Å². The Morgan fingerprint density at radius 2 is 2.38 bits per heavy atom. The van der Waals surface area contributed by atoms with Gasteiger partial charge in [-0.3, -0.25) is 4.79 Å². The Labute approximate surface area is 96.8 Å². The first-order chi connectivity index (χ1) is 7.77. The maximum atomic E-state index is 11.7. The third-order valence-corrected chi connectivity index (χ3v) is 2.69. The van der Waals surface area contributed by atoms with E-state index in [2.05, 4.69) is 15.6 Å². The van der Waals surface area contributed by atoms with E-state index in [0.29, 0.717) is 6.54 Å². The molecule has 1 amide bonds. The predicted molar refractivity (Wildman–Crippen MR) is 65.2 cm³/mol. The molecule has 1 unspecified atom stereocenters. The summed E-state index contributed by atoms with van der Waals surface area (Å²) in [5.41, 5.74) is 1.22. The minimum atomic E-state index is 0.0798. The highest BCUT2D eigenvalue weighted by Gasteiger charge is 2.14. The molecule has 90 valence electrons. The largest absolute Gasteiger partial charge is 0.367 e. The fraction of sp³-hybridized carbons (Fsp3) is 0.583. The lowest BCUT2D eigenvalue weighted by atomic mass is 10.1. The Hall–Kier alpha value is -1.29. The lowest BCUT2D eigenvalue weighted by molar-refractivity contribution is -0.124. The maximum absolute atomic E-state index is 11.7. The summed E-state index contributed by atoms with van der Waals surface area (Å²) in [6.07, 6.45) is 5.60. The molecular formula is C12H21N3O. The van der Waals surface area contributed by atoms with E-state index in [1.54, 1.807) is 0 Å². The Kier molecular flexibility index (Phi) is 5.64. The van der Waals surface area contributed by atoms with Crippen molar-refractivity contribution in [2.45, 2.75) is 19.8 Å². The molecule has 0 bridgehead atoms. The molecule has 0 aliphatic heterocycles. The van der Waals surface area contributed by atoms with Gasteiger partial charge in [0.1, 0.15) is 0 Å². The standard InChI is InChI=1S/C12H21N3O/c1-3-11(9-13-2)12(16)15-7-5-10-4-6-14-8-10/h4,6,8,11,13-14H,3,5,7,9H2,1-2H3,(H,15,16). The van der Waals surface area contributed by atoms with Gasteiger partial charge in [0.25, 0.3) is 0 Å². The van der Waals surface area contributed by atoms with Crippen LogP contribution in [0.4, 0.5) is 0 Å². The number of hydrogen-bond donors (Lipinski definition) is 3. The summed E-state index contributed by atoms with van der Waals surface area (Å²) >= 11 is 0. The first kappa shape index (κ1) is 12.8. The molecule has 0 fully saturated rings. The lowest BCUT2D eigenvalue weighted by Crippen LogP contribution is -2.36. The predicted octanol–water partition coefficient (Wildman–Crippen LogP) is 0.919. The van der Waals surface area contributed by atoms with Crippen LogP contribution < -0.4 is 10.6 Å². The second-order valence-electron chi connectivity index (χ2n) is 3.92. The van der Waals surface area contributed by atoms with Gasteiger partial charge < -0.3 is 15.6 Å². The molecule has 1 atom stereocenters. The summed E-state index contributed by atoms with van der Waals surface area (Å²) in [4.78, 5) is 14.7. The molecule has 1 heterocycles. The summed E-state index contributed by atoms with van der Waals surface area (Å²) < 4.78 is 0. The number of aromatic nitrogens is 1. The van der Waals surface area contributed by atoms with Crippen molar-refractivity contribution < 1.29 is 4.79 Å². The highest BCUT2D eigenvalue weighted by Crippen LogP contribution is 2.01. The number of carbonyl (C=O) groups is 1. The molecule has 0 saturated carbocycles. The quantitative estimate of drug-likeness (QED) is 0.644. The van der Waals surface area contributed by atoms with E-state index in [0.717, 1.165) is 19.4 Å². The van der Waals surface area contributed by atoms with E-state index in [1.165, 1.54) is 5.56 Å². The number of amides is 1. The Bertz CT molecular complexity index is 295. The Balaban J connectivity index is 2.23. The van der Waals surface area contributed by atoms with Crippen molar-refractivity contribution in [2.24, 2.45) is 5.92 Å². The average Bonchev–Trinajstić information content (AvgIpc) is 2.78. The van der Waals surface area contributed by atoms with E-state index < -0.39 is 0 Å². The number of rotatable bonds is 7. The van der Waals surface area contributed by atoms with Gasteiger partial charge >= 0.3 is 0 Å². The number of aromatic amines is 1. The van der Waals surface area contributed by atoms with Crippen molar-refractivity contribution in [1.82, 2.24) is 15.6 Å². The van der Waals surface area contributed by atoms with Crippen molar-refractivity contribution in [2.75, 3.05) is 20.1 Å². The molecule has 1 aromatic rings. The molecule has 0 aromatic carbocycles. The van der Waals surface area contributed by atoms with Crippen molar-refractivity contribution in [3.05, 3.63) is 24.0 Å². The number of carbonyl (C=O) groups excluding carboxylic acids is 1. The van der Waals surface area contributed by atoms with Gasteiger partial charge in [0.15, 0.2) is 0 Å². The first-order valence-corrected chi connectivity index (χ1v) is 5.82. The van der Waals surface area contributed by atoms with Gasteiger partial charge in [0.2, 0.25) is 5.91 Å². The van der Waals surface area contributed by atoms with Gasteiger partial charge in [0, 0.05) is 25.5 Å². The molecule has 1 rings (SSSR count). The molecule has 16 heavy (non-hydrogen) atoms. The molecule has 1 aromatic heterocycles. The van der Waals surface area contributed by atoms with E-state index in [4.69, 9.17) is 0 Å². The van der Waals surface area contributed by atoms with Crippen LogP contribution >= 0.6 is 0 Å². The van der Waals surface area contributed by atoms with Crippen LogP contribution in [-0.4, -0.2) is 31.0 Å². The van der Waals surface area contributed by atoms with Crippen LogP contribution in [0.3, 0.4) is 0 Å². The van der Waals surface area contributed by atoms with Crippen LogP contribution in [0, 0.1) is 5.92 Å². The van der Waals surface area contributed by atoms with E-state index in [1.807, 2.05) is 32.4 Å². The van der Waals surface area contributed by atoms with Gasteiger partial charge in [-0.05, 0) is 31.5 Å². The highest BCUT2D eigenvalue weighted by atomic mass is 16.1. The normalized spacial score (nSPS) is 12.4. The number of H-pyrrole nitrogens is 1. The molecule has 4 nitrogen and oxygen atoms in total. The third kappa shape index (κ3) is 4.06. The molecule has 0 aliphatic rings. The zero-order chi connectivity index (χ0) is 11.8. The Morgan fingerprint density at radius 1 is 1.56 bits per heavy atom. The zero-order valence-corrected chi connectivity index (χ0v) is 10.0. The molecule has 3 N–H and O–H groups in total. The van der Waals surface area contributed by atoms with Crippen LogP contribution in [0.1, 0.15) is 18.9 Å². The topological polar surface area (TPSA) is 56.9 Å². The second kappa shape index (κ2) is 7.06. The fourth-order valence-electron chi connectivity index (χ4n) is 1.66. The fourth-order valence-corrected chi connectivity index (χ4v) is 1.66. The van der Waals surface area contributed by atoms with Gasteiger partial charge in [-0.25, -0.2) is 0 Å². The van der Waals surface area contributed by atoms with Crippen molar-refractivity contribution in [3.63, 3.8) is 0 Å². The summed E-state index contributed by atoms with van der Waals surface area (Å²) in [6, 6.07) is 2.02. The highest BCUT2D eigenvalue weighted by molar-refractivity contribution is 5.78. The van der Waals surface area contributed by atoms with Crippen molar-refractivity contribution >= 4 is 5.91 Å². The van der Waals surface area contributed by atoms with Crippen LogP contribution in [0.5, 0.6) is 0 Å². The molecule has 0 saturated heterocycles. The van der Waals surface area contributed by atoms with Crippen molar-refractivity contribution in [1.29, 1.82) is 0 Å². The molecule has 4 heteroatoms. The molecular weight excluding hydrogens is 202 g/mol. The van der Waals surface area contributed by atoms with Crippen LogP contribution in [-0.2, 0) is 11.2 Å². The smallest absolute Gasteiger partial charge is 0.224 e. The SMILES string of the molecule is CCC(CNC)C(=O)NCCc1cc[nH]c1. The monoisotopic (exact) mass is 223 g/mol. The number of nitrogens with one attached hydrogen (secondary N) is 3. The molecule has 0 aliphatic carbocycles. The summed E-state index contributed by atoms with van der Waals surface area (Å²) in [7, 11) is 1.87. The lowest BCUT2D eigenvalue weighted by Gasteiger charge is -2.14. The zero-order valence-electron chi connectivity index (χ0n) is 10.0. The van der Waals surface area contributed by atoms with Crippen LogP contribution in [0.15, 0.2) is 18.5 Å². The van der Waals surface area contributed by atoms with Crippen molar-refractivity contribution in [3.8, 4) is 0 Å². The average molecular weight is 223 g/mol. The maximum Gasteiger partial charge on any atom is 0.224 e. The summed E-state index contributed by atoms with van der Waals surface area (Å²) in [6.45, 7) is 3.48. The van der Waals surface area contributed by atoms with Crippen LogP contribution in [0.25, 0.3) is 0 Å². The minimum absolute atomic E-state index is 0.0798. The minimum Gasteiger partial charge on any atom is -0.367 e. The van der Waals surface area contributed by atoms with Crippen LogP contribution in [0.2, 0.25) is 0 Å². The third-order valence-electron chi connectivity index (χ3n) is 2.69. The van der Waals surface area contributed by atoms with E-state index in [-0.39, 0.29) is 11.8 Å². The number of hydrogen-bond acceptors (Lipinski definition) is 2. The van der Waals surface area contributed by atoms with Gasteiger partial charge in [-0.1, -0.05) is 6.92 Å². The first-order valence-electron chi connectivity index (χ1n) is 5.82. The van der Waals surface area contributed by atoms with E-state index in [9.17, 15) is 4.79 Å². The second-order valence-corrected chi connectivity index (χ2v) is 3.92. The van der Waals surface area contributed by atoms with E-state index >= 15 is 0 Å². The van der Waals surface area contributed by atoms with Gasteiger partial charge in [-0.15, -0.1) is 0 Å². The Morgan fingerprint density at radius 3 is 2.94 bits per heavy atom. The van der Waals surface area contributed by atoms with Gasteiger partial charge in [0.05, 0.1) is 5.92 Å². The molecule has 0 radical (unpaired) electrons. The molecule has 0 spiro atoms. The summed E-state index contributed by atoms with van der Waals surface area (Å²) in [5, 5.41) is 6.00.